The van der Waals surface area contributed by atoms with Gasteiger partial charge < -0.3 is 15.0 Å². The zero-order valence-corrected chi connectivity index (χ0v) is 18.7. The van der Waals surface area contributed by atoms with Crippen molar-refractivity contribution in [2.24, 2.45) is 0 Å². The lowest BCUT2D eigenvalue weighted by atomic mass is 9.93. The van der Waals surface area contributed by atoms with E-state index < -0.39 is 11.5 Å². The van der Waals surface area contributed by atoms with Gasteiger partial charge in [0, 0.05) is 18.7 Å². The number of nitrogens with zero attached hydrogens (tertiary/aromatic N) is 3. The normalized spacial score (nSPS) is 21.6. The Morgan fingerprint density at radius 3 is 2.50 bits per heavy atom. The highest BCUT2D eigenvalue weighted by molar-refractivity contribution is 6.01. The third-order valence-electron chi connectivity index (χ3n) is 6.56. The molecule has 170 valence electrons. The standard InChI is InChI=1S/C24H30N4O4/c1-24(23(31)25-18-12-8-3-4-9-13-18)16-28-20(14-19(26-28)22(30)32-2)21(29)27(24)15-17-10-6-5-7-11-17/h5-7,10-11,14,18H,3-4,8-9,12-13,15-16H2,1-2H3,(H,25,31)/t24-/m1/s1. The Bertz CT molecular complexity index is 995. The predicted octanol–water partition coefficient (Wildman–Crippen LogP) is 2.92. The van der Waals surface area contributed by atoms with Crippen LogP contribution < -0.4 is 5.32 Å². The van der Waals surface area contributed by atoms with E-state index >= 15 is 0 Å². The molecule has 2 aromatic rings. The summed E-state index contributed by atoms with van der Waals surface area (Å²) in [6, 6.07) is 11.1. The topological polar surface area (TPSA) is 93.5 Å². The number of carbonyl (C=O) groups excluding carboxylic acids is 3. The maximum atomic E-state index is 13.6. The molecular weight excluding hydrogens is 408 g/mol. The zero-order chi connectivity index (χ0) is 22.7. The van der Waals surface area contributed by atoms with Gasteiger partial charge in [0.25, 0.3) is 5.91 Å². The van der Waals surface area contributed by atoms with E-state index in [0.29, 0.717) is 0 Å². The van der Waals surface area contributed by atoms with Crippen molar-refractivity contribution in [3.8, 4) is 0 Å². The van der Waals surface area contributed by atoms with Gasteiger partial charge >= 0.3 is 5.97 Å². The van der Waals surface area contributed by atoms with Crippen molar-refractivity contribution in [2.75, 3.05) is 7.11 Å². The molecule has 4 rings (SSSR count). The fourth-order valence-corrected chi connectivity index (χ4v) is 4.62. The summed E-state index contributed by atoms with van der Waals surface area (Å²) in [5, 5.41) is 7.48. The summed E-state index contributed by atoms with van der Waals surface area (Å²) in [5.41, 5.74) is 0.117. The number of rotatable bonds is 5. The van der Waals surface area contributed by atoms with Crippen molar-refractivity contribution in [3.63, 3.8) is 0 Å². The van der Waals surface area contributed by atoms with Gasteiger partial charge in [-0.25, -0.2) is 4.79 Å². The van der Waals surface area contributed by atoms with E-state index in [9.17, 15) is 14.4 Å². The van der Waals surface area contributed by atoms with Crippen LogP contribution in [0.2, 0.25) is 0 Å². The summed E-state index contributed by atoms with van der Waals surface area (Å²) in [6.45, 7) is 2.23. The first-order valence-corrected chi connectivity index (χ1v) is 11.3. The summed E-state index contributed by atoms with van der Waals surface area (Å²) in [4.78, 5) is 40.8. The Hall–Kier alpha value is -3.16. The van der Waals surface area contributed by atoms with E-state index in [1.165, 1.54) is 30.7 Å². The SMILES string of the molecule is COC(=O)c1cc2n(n1)C[C@](C)(C(=O)NC1CCCCCC1)N(Cc1ccccc1)C2=O. The van der Waals surface area contributed by atoms with Crippen molar-refractivity contribution in [3.05, 3.63) is 53.3 Å². The Balaban J connectivity index is 1.67. The van der Waals surface area contributed by atoms with Crippen LogP contribution in [0, 0.1) is 0 Å². The van der Waals surface area contributed by atoms with Gasteiger partial charge in [0.05, 0.1) is 13.7 Å². The molecule has 8 heteroatoms. The Morgan fingerprint density at radius 1 is 1.16 bits per heavy atom. The van der Waals surface area contributed by atoms with Gasteiger partial charge in [-0.3, -0.25) is 14.3 Å². The van der Waals surface area contributed by atoms with Crippen LogP contribution in [0.4, 0.5) is 0 Å². The van der Waals surface area contributed by atoms with Crippen LogP contribution in [0.1, 0.15) is 72.0 Å². The highest BCUT2D eigenvalue weighted by Crippen LogP contribution is 2.30. The molecule has 1 fully saturated rings. The molecule has 32 heavy (non-hydrogen) atoms. The first kappa shape index (κ1) is 22.0. The molecule has 1 aromatic heterocycles. The van der Waals surface area contributed by atoms with E-state index in [1.54, 1.807) is 11.8 Å². The predicted molar refractivity (Wildman–Crippen MR) is 118 cm³/mol. The van der Waals surface area contributed by atoms with Gasteiger partial charge in [0.1, 0.15) is 11.2 Å². The summed E-state index contributed by atoms with van der Waals surface area (Å²) in [6.07, 6.45) is 6.48. The van der Waals surface area contributed by atoms with Crippen molar-refractivity contribution >= 4 is 17.8 Å². The molecule has 1 saturated carbocycles. The van der Waals surface area contributed by atoms with Crippen LogP contribution in [0.3, 0.4) is 0 Å². The number of benzene rings is 1. The van der Waals surface area contributed by atoms with Crippen molar-refractivity contribution in [1.29, 1.82) is 0 Å². The highest BCUT2D eigenvalue weighted by Gasteiger charge is 2.48. The lowest BCUT2D eigenvalue weighted by molar-refractivity contribution is -0.134. The van der Waals surface area contributed by atoms with E-state index in [1.807, 2.05) is 30.3 Å². The fourth-order valence-electron chi connectivity index (χ4n) is 4.62. The van der Waals surface area contributed by atoms with Gasteiger partial charge in [0.2, 0.25) is 5.91 Å². The number of nitrogens with one attached hydrogen (secondary N) is 1. The fraction of sp³-hybridized carbons (Fsp3) is 0.500. The lowest BCUT2D eigenvalue weighted by Gasteiger charge is -2.43. The number of fused-ring (bicyclic) bond motifs is 1. The third-order valence-corrected chi connectivity index (χ3v) is 6.56. The second-order valence-electron chi connectivity index (χ2n) is 8.88. The van der Waals surface area contributed by atoms with Gasteiger partial charge in [-0.15, -0.1) is 0 Å². The summed E-state index contributed by atoms with van der Waals surface area (Å²) in [5.74, 6) is -1.13. The van der Waals surface area contributed by atoms with E-state index in [2.05, 4.69) is 10.4 Å². The van der Waals surface area contributed by atoms with Crippen LogP contribution in [0.5, 0.6) is 0 Å². The summed E-state index contributed by atoms with van der Waals surface area (Å²) < 4.78 is 6.23. The van der Waals surface area contributed by atoms with Gasteiger partial charge in [-0.1, -0.05) is 56.0 Å². The maximum Gasteiger partial charge on any atom is 0.358 e. The first-order valence-electron chi connectivity index (χ1n) is 11.3. The van der Waals surface area contributed by atoms with Gasteiger partial charge in [-0.05, 0) is 25.3 Å². The second kappa shape index (κ2) is 9.14. The molecule has 0 unspecified atom stereocenters. The van der Waals surface area contributed by atoms with Crippen LogP contribution in [0.25, 0.3) is 0 Å². The minimum atomic E-state index is -1.15. The quantitative estimate of drug-likeness (QED) is 0.572. The van der Waals surface area contributed by atoms with Crippen LogP contribution in [0.15, 0.2) is 36.4 Å². The van der Waals surface area contributed by atoms with Crippen molar-refractivity contribution in [2.45, 2.75) is 70.1 Å². The van der Waals surface area contributed by atoms with E-state index in [4.69, 9.17) is 4.74 Å². The number of esters is 1. The second-order valence-corrected chi connectivity index (χ2v) is 8.88. The number of carbonyl (C=O) groups is 3. The van der Waals surface area contributed by atoms with E-state index in [-0.39, 0.29) is 42.3 Å². The number of hydrogen-bond acceptors (Lipinski definition) is 5. The number of amides is 2. The summed E-state index contributed by atoms with van der Waals surface area (Å²) in [7, 11) is 1.27. The molecule has 1 aromatic carbocycles. The average molecular weight is 439 g/mol. The number of aromatic nitrogens is 2. The zero-order valence-electron chi connectivity index (χ0n) is 18.7. The summed E-state index contributed by atoms with van der Waals surface area (Å²) >= 11 is 0. The minimum absolute atomic E-state index is 0.0592. The molecule has 0 radical (unpaired) electrons. The molecular formula is C24H30N4O4. The van der Waals surface area contributed by atoms with Crippen molar-refractivity contribution < 1.29 is 19.1 Å². The Labute approximate surface area is 187 Å². The number of methoxy groups -OCH3 is 1. The molecule has 8 nitrogen and oxygen atoms in total. The smallest absolute Gasteiger partial charge is 0.358 e. The molecule has 0 spiro atoms. The van der Waals surface area contributed by atoms with Crippen LogP contribution >= 0.6 is 0 Å². The number of ether oxygens (including phenoxy) is 1. The molecule has 2 heterocycles. The van der Waals surface area contributed by atoms with Crippen molar-refractivity contribution in [1.82, 2.24) is 20.0 Å². The van der Waals surface area contributed by atoms with Gasteiger partial charge in [0.15, 0.2) is 5.69 Å². The molecule has 1 aliphatic heterocycles. The Kier molecular flexibility index (Phi) is 6.30. The molecule has 2 amide bonds. The minimum Gasteiger partial charge on any atom is -0.464 e. The largest absolute Gasteiger partial charge is 0.464 e. The molecule has 1 atom stereocenters. The molecule has 1 N–H and O–H groups in total. The van der Waals surface area contributed by atoms with Gasteiger partial charge in [-0.2, -0.15) is 5.10 Å². The Morgan fingerprint density at radius 2 is 1.84 bits per heavy atom. The van der Waals surface area contributed by atoms with Crippen LogP contribution in [-0.2, 0) is 22.6 Å². The van der Waals surface area contributed by atoms with E-state index in [0.717, 1.165) is 31.2 Å². The molecule has 2 aliphatic rings. The molecule has 0 saturated heterocycles. The maximum absolute atomic E-state index is 13.6. The first-order chi connectivity index (χ1) is 15.4. The van der Waals surface area contributed by atoms with Crippen LogP contribution in [-0.4, -0.2) is 51.2 Å². The average Bonchev–Trinajstić information content (AvgIpc) is 3.05. The number of hydrogen-bond donors (Lipinski definition) is 1. The molecule has 0 bridgehead atoms. The molecule has 1 aliphatic carbocycles. The lowest BCUT2D eigenvalue weighted by Crippen LogP contribution is -2.64. The third kappa shape index (κ3) is 4.26. The monoisotopic (exact) mass is 438 g/mol. The highest BCUT2D eigenvalue weighted by atomic mass is 16.5.